The van der Waals surface area contributed by atoms with Gasteiger partial charge in [-0.2, -0.15) is 4.39 Å². The lowest BCUT2D eigenvalue weighted by atomic mass is 10.0. The van der Waals surface area contributed by atoms with Gasteiger partial charge in [0.25, 0.3) is 0 Å². The highest BCUT2D eigenvalue weighted by Gasteiger charge is 2.20. The zero-order valence-corrected chi connectivity index (χ0v) is 9.86. The third-order valence-electron chi connectivity index (χ3n) is 3.27. The van der Waals surface area contributed by atoms with Crippen molar-refractivity contribution in [1.29, 1.82) is 0 Å². The molecule has 0 aliphatic carbocycles. The molecule has 0 bridgehead atoms. The molecule has 0 N–H and O–H groups in total. The van der Waals surface area contributed by atoms with Crippen LogP contribution in [-0.2, 0) is 0 Å². The number of halogens is 1. The van der Waals surface area contributed by atoms with Gasteiger partial charge in [-0.1, -0.05) is 0 Å². The standard InChI is InChI=1S/C12H18FN3/c1-15(2)10-4-7-16(8-5-10)11-3-6-14-12(13)9-11/h3,6,9-10H,4-5,7-8H2,1-2H3. The first-order chi connectivity index (χ1) is 7.66. The molecule has 1 aliphatic heterocycles. The van der Waals surface area contributed by atoms with Crippen LogP contribution in [0.3, 0.4) is 0 Å². The molecule has 0 aromatic carbocycles. The van der Waals surface area contributed by atoms with Gasteiger partial charge in [0.1, 0.15) is 0 Å². The van der Waals surface area contributed by atoms with Crippen molar-refractivity contribution >= 4 is 5.69 Å². The third kappa shape index (κ3) is 2.50. The van der Waals surface area contributed by atoms with Gasteiger partial charge in [-0.15, -0.1) is 0 Å². The second kappa shape index (κ2) is 4.78. The summed E-state index contributed by atoms with van der Waals surface area (Å²) in [4.78, 5) is 8.07. The minimum Gasteiger partial charge on any atom is -0.371 e. The van der Waals surface area contributed by atoms with E-state index in [9.17, 15) is 4.39 Å². The summed E-state index contributed by atoms with van der Waals surface area (Å²) >= 11 is 0. The summed E-state index contributed by atoms with van der Waals surface area (Å²) in [5, 5.41) is 0. The number of nitrogens with zero attached hydrogens (tertiary/aromatic N) is 3. The van der Waals surface area contributed by atoms with Crippen LogP contribution in [0.15, 0.2) is 18.3 Å². The Morgan fingerprint density at radius 1 is 1.38 bits per heavy atom. The van der Waals surface area contributed by atoms with Gasteiger partial charge in [0, 0.05) is 37.1 Å². The van der Waals surface area contributed by atoms with Crippen molar-refractivity contribution in [2.24, 2.45) is 0 Å². The van der Waals surface area contributed by atoms with E-state index in [1.54, 1.807) is 0 Å². The number of hydrogen-bond acceptors (Lipinski definition) is 3. The van der Waals surface area contributed by atoms with Crippen LogP contribution in [0, 0.1) is 5.95 Å². The Morgan fingerprint density at radius 2 is 2.06 bits per heavy atom. The third-order valence-corrected chi connectivity index (χ3v) is 3.27. The van der Waals surface area contributed by atoms with E-state index in [2.05, 4.69) is 28.9 Å². The minimum atomic E-state index is -0.396. The van der Waals surface area contributed by atoms with Crippen LogP contribution in [0.2, 0.25) is 0 Å². The Hall–Kier alpha value is -1.16. The summed E-state index contributed by atoms with van der Waals surface area (Å²) in [6.45, 7) is 1.98. The monoisotopic (exact) mass is 223 g/mol. The van der Waals surface area contributed by atoms with Crippen molar-refractivity contribution in [2.45, 2.75) is 18.9 Å². The van der Waals surface area contributed by atoms with E-state index < -0.39 is 5.95 Å². The fourth-order valence-corrected chi connectivity index (χ4v) is 2.23. The van der Waals surface area contributed by atoms with E-state index in [-0.39, 0.29) is 0 Å². The number of aromatic nitrogens is 1. The maximum atomic E-state index is 13.0. The van der Waals surface area contributed by atoms with Gasteiger partial charge in [0.15, 0.2) is 0 Å². The molecule has 0 amide bonds. The van der Waals surface area contributed by atoms with Gasteiger partial charge in [-0.05, 0) is 33.0 Å². The zero-order valence-electron chi connectivity index (χ0n) is 9.86. The lowest BCUT2D eigenvalue weighted by Gasteiger charge is -2.36. The van der Waals surface area contributed by atoms with Crippen molar-refractivity contribution < 1.29 is 4.39 Å². The van der Waals surface area contributed by atoms with Crippen molar-refractivity contribution in [3.63, 3.8) is 0 Å². The first-order valence-electron chi connectivity index (χ1n) is 5.70. The van der Waals surface area contributed by atoms with Crippen LogP contribution in [0.1, 0.15) is 12.8 Å². The number of hydrogen-bond donors (Lipinski definition) is 0. The van der Waals surface area contributed by atoms with Gasteiger partial charge in [-0.3, -0.25) is 0 Å². The Kier molecular flexibility index (Phi) is 3.39. The molecule has 0 atom stereocenters. The largest absolute Gasteiger partial charge is 0.371 e. The van der Waals surface area contributed by atoms with E-state index in [0.717, 1.165) is 31.6 Å². The predicted octanol–water partition coefficient (Wildman–Crippen LogP) is 1.75. The molecule has 0 unspecified atom stereocenters. The normalized spacial score (nSPS) is 18.1. The van der Waals surface area contributed by atoms with Crippen molar-refractivity contribution in [3.05, 3.63) is 24.3 Å². The fraction of sp³-hybridized carbons (Fsp3) is 0.583. The summed E-state index contributed by atoms with van der Waals surface area (Å²) in [5.41, 5.74) is 0.949. The molecule has 16 heavy (non-hydrogen) atoms. The Bertz CT molecular complexity index is 346. The molecule has 3 nitrogen and oxygen atoms in total. The molecule has 2 rings (SSSR count). The quantitative estimate of drug-likeness (QED) is 0.712. The van der Waals surface area contributed by atoms with Crippen LogP contribution in [0.4, 0.5) is 10.1 Å². The average Bonchev–Trinajstić information content (AvgIpc) is 2.29. The van der Waals surface area contributed by atoms with Crippen LogP contribution < -0.4 is 4.90 Å². The summed E-state index contributed by atoms with van der Waals surface area (Å²) < 4.78 is 13.0. The van der Waals surface area contributed by atoms with E-state index in [4.69, 9.17) is 0 Å². The van der Waals surface area contributed by atoms with Crippen LogP contribution >= 0.6 is 0 Å². The van der Waals surface area contributed by atoms with Crippen molar-refractivity contribution in [3.8, 4) is 0 Å². The SMILES string of the molecule is CN(C)C1CCN(c2ccnc(F)c2)CC1. The highest BCUT2D eigenvalue weighted by atomic mass is 19.1. The Balaban J connectivity index is 1.99. The van der Waals surface area contributed by atoms with E-state index in [1.165, 1.54) is 12.3 Å². The van der Waals surface area contributed by atoms with Gasteiger partial charge < -0.3 is 9.80 Å². The molecule has 2 heterocycles. The number of pyridine rings is 1. The summed E-state index contributed by atoms with van der Waals surface area (Å²) in [5.74, 6) is -0.396. The van der Waals surface area contributed by atoms with Crippen molar-refractivity contribution in [2.75, 3.05) is 32.1 Å². The lowest BCUT2D eigenvalue weighted by Crippen LogP contribution is -2.42. The molecular formula is C12H18FN3. The molecule has 0 spiro atoms. The molecule has 1 aromatic rings. The van der Waals surface area contributed by atoms with E-state index >= 15 is 0 Å². The first-order valence-corrected chi connectivity index (χ1v) is 5.70. The first kappa shape index (κ1) is 11.3. The average molecular weight is 223 g/mol. The van der Waals surface area contributed by atoms with E-state index in [0.29, 0.717) is 6.04 Å². The molecule has 1 aliphatic rings. The molecular weight excluding hydrogens is 205 g/mol. The second-order valence-corrected chi connectivity index (χ2v) is 4.52. The maximum Gasteiger partial charge on any atom is 0.214 e. The summed E-state index contributed by atoms with van der Waals surface area (Å²) in [6.07, 6.45) is 3.80. The maximum absolute atomic E-state index is 13.0. The van der Waals surface area contributed by atoms with Crippen LogP contribution in [0.5, 0.6) is 0 Å². The second-order valence-electron chi connectivity index (χ2n) is 4.52. The molecule has 88 valence electrons. The summed E-state index contributed by atoms with van der Waals surface area (Å²) in [6, 6.07) is 4.04. The van der Waals surface area contributed by atoms with E-state index in [1.807, 2.05) is 6.07 Å². The van der Waals surface area contributed by atoms with Gasteiger partial charge in [-0.25, -0.2) is 4.98 Å². The molecule has 1 saturated heterocycles. The number of piperidine rings is 1. The van der Waals surface area contributed by atoms with Crippen LogP contribution in [-0.4, -0.2) is 43.1 Å². The smallest absolute Gasteiger partial charge is 0.214 e. The number of rotatable bonds is 2. The Labute approximate surface area is 95.9 Å². The van der Waals surface area contributed by atoms with Crippen LogP contribution in [0.25, 0.3) is 0 Å². The van der Waals surface area contributed by atoms with Crippen molar-refractivity contribution in [1.82, 2.24) is 9.88 Å². The minimum absolute atomic E-state index is 0.396. The fourth-order valence-electron chi connectivity index (χ4n) is 2.23. The Morgan fingerprint density at radius 3 is 2.62 bits per heavy atom. The highest BCUT2D eigenvalue weighted by molar-refractivity contribution is 5.45. The van der Waals surface area contributed by atoms with Gasteiger partial charge in [0.2, 0.25) is 5.95 Å². The molecule has 1 fully saturated rings. The lowest BCUT2D eigenvalue weighted by molar-refractivity contribution is 0.249. The molecule has 1 aromatic heterocycles. The molecule has 0 saturated carbocycles. The van der Waals surface area contributed by atoms with Gasteiger partial charge >= 0.3 is 0 Å². The highest BCUT2D eigenvalue weighted by Crippen LogP contribution is 2.21. The topological polar surface area (TPSA) is 19.4 Å². The zero-order chi connectivity index (χ0) is 11.5. The number of anilines is 1. The van der Waals surface area contributed by atoms with Gasteiger partial charge in [0.05, 0.1) is 0 Å². The predicted molar refractivity (Wildman–Crippen MR) is 63.1 cm³/mol. The molecule has 0 radical (unpaired) electrons. The summed E-state index contributed by atoms with van der Waals surface area (Å²) in [7, 11) is 4.23. The molecule has 4 heteroatoms.